The highest BCUT2D eigenvalue weighted by atomic mass is 19.1. The lowest BCUT2D eigenvalue weighted by Gasteiger charge is -2.17. The van der Waals surface area contributed by atoms with Crippen LogP contribution in [0.2, 0.25) is 0 Å². The summed E-state index contributed by atoms with van der Waals surface area (Å²) in [5.41, 5.74) is 4.92. The summed E-state index contributed by atoms with van der Waals surface area (Å²) < 4.78 is 23.3. The lowest BCUT2D eigenvalue weighted by atomic mass is 10.1. The van der Waals surface area contributed by atoms with Crippen molar-refractivity contribution in [1.29, 1.82) is 0 Å². The van der Waals surface area contributed by atoms with Crippen molar-refractivity contribution in [2.24, 2.45) is 0 Å². The van der Waals surface area contributed by atoms with Crippen LogP contribution in [0.1, 0.15) is 37.2 Å². The molecule has 0 saturated heterocycles. The largest absolute Gasteiger partial charge is 0.466 e. The summed E-state index contributed by atoms with van der Waals surface area (Å²) in [5, 5.41) is 2.31. The van der Waals surface area contributed by atoms with Crippen LogP contribution >= 0.6 is 0 Å². The van der Waals surface area contributed by atoms with E-state index in [2.05, 4.69) is 10.3 Å². The molecule has 1 heterocycles. The molecule has 1 amide bonds. The fraction of sp³-hybridized carbons (Fsp3) is 0.467. The van der Waals surface area contributed by atoms with Gasteiger partial charge in [-0.3, -0.25) is 9.59 Å². The maximum Gasteiger partial charge on any atom is 0.328 e. The number of carbonyl (C=O) groups excluding carboxylic acids is 3. The van der Waals surface area contributed by atoms with E-state index in [1.54, 1.807) is 13.8 Å². The van der Waals surface area contributed by atoms with Crippen LogP contribution in [0.5, 0.6) is 0 Å². The molecule has 0 aliphatic rings. The molecule has 0 unspecified atom stereocenters. The van der Waals surface area contributed by atoms with Gasteiger partial charge in [-0.05, 0) is 20.3 Å². The third-order valence-electron chi connectivity index (χ3n) is 2.90. The van der Waals surface area contributed by atoms with Gasteiger partial charge in [-0.25, -0.2) is 14.2 Å². The smallest absolute Gasteiger partial charge is 0.328 e. The Hall–Kier alpha value is -2.71. The lowest BCUT2D eigenvalue weighted by Crippen LogP contribution is -2.42. The van der Waals surface area contributed by atoms with E-state index in [1.807, 2.05) is 0 Å². The maximum absolute atomic E-state index is 13.7. The first-order valence-electron chi connectivity index (χ1n) is 7.43. The van der Waals surface area contributed by atoms with Crippen LogP contribution in [0.4, 0.5) is 10.1 Å². The number of nitrogens with two attached hydrogens (primary N) is 1. The molecule has 1 aromatic rings. The third kappa shape index (κ3) is 5.82. The predicted octanol–water partition coefficient (Wildman–Crippen LogP) is 0.808. The highest BCUT2D eigenvalue weighted by Gasteiger charge is 2.25. The minimum Gasteiger partial charge on any atom is -0.466 e. The maximum atomic E-state index is 13.7. The summed E-state index contributed by atoms with van der Waals surface area (Å²) in [4.78, 5) is 39.0. The van der Waals surface area contributed by atoms with Gasteiger partial charge in [0.05, 0.1) is 25.1 Å². The van der Waals surface area contributed by atoms with Crippen LogP contribution in [0.15, 0.2) is 12.3 Å². The normalized spacial score (nSPS) is 11.5. The molecule has 1 atom stereocenters. The number of nitrogens with one attached hydrogen (secondary N) is 1. The summed E-state index contributed by atoms with van der Waals surface area (Å²) >= 11 is 0. The molecule has 0 saturated carbocycles. The first-order chi connectivity index (χ1) is 11.4. The SMILES string of the molecule is CCOC(=O)CC[C@H](NC(=O)c1ncc(N)cc1F)C(=O)OCC. The summed E-state index contributed by atoms with van der Waals surface area (Å²) in [7, 11) is 0. The molecular weight excluding hydrogens is 321 g/mol. The van der Waals surface area contributed by atoms with Crippen molar-refractivity contribution < 1.29 is 28.2 Å². The molecule has 0 spiro atoms. The van der Waals surface area contributed by atoms with Crippen molar-refractivity contribution in [3.63, 3.8) is 0 Å². The Morgan fingerprint density at radius 1 is 1.29 bits per heavy atom. The monoisotopic (exact) mass is 341 g/mol. The highest BCUT2D eigenvalue weighted by Crippen LogP contribution is 2.10. The molecule has 3 N–H and O–H groups in total. The highest BCUT2D eigenvalue weighted by molar-refractivity contribution is 5.95. The summed E-state index contributed by atoms with van der Waals surface area (Å²) in [5.74, 6) is -3.07. The van der Waals surface area contributed by atoms with Crippen LogP contribution in [0.25, 0.3) is 0 Å². The molecule has 0 fully saturated rings. The molecule has 8 nitrogen and oxygen atoms in total. The Morgan fingerprint density at radius 3 is 2.54 bits per heavy atom. The van der Waals surface area contributed by atoms with Crippen LogP contribution in [0, 0.1) is 5.82 Å². The lowest BCUT2D eigenvalue weighted by molar-refractivity contribution is -0.146. The van der Waals surface area contributed by atoms with Gasteiger partial charge in [0.25, 0.3) is 5.91 Å². The predicted molar refractivity (Wildman–Crippen MR) is 82.4 cm³/mol. The molecule has 132 valence electrons. The van der Waals surface area contributed by atoms with Gasteiger partial charge in [-0.15, -0.1) is 0 Å². The molecular formula is C15H20FN3O5. The van der Waals surface area contributed by atoms with Gasteiger partial charge in [0, 0.05) is 12.5 Å². The first kappa shape index (κ1) is 19.3. The van der Waals surface area contributed by atoms with Crippen molar-refractivity contribution >= 4 is 23.5 Å². The molecule has 1 rings (SSSR count). The van der Waals surface area contributed by atoms with Crippen LogP contribution in [-0.2, 0) is 19.1 Å². The Balaban J connectivity index is 2.81. The number of nitrogen functional groups attached to an aromatic ring is 1. The summed E-state index contributed by atoms with van der Waals surface area (Å²) in [6, 6.07) is -0.180. The molecule has 0 radical (unpaired) electrons. The quantitative estimate of drug-likeness (QED) is 0.671. The Bertz CT molecular complexity index is 609. The van der Waals surface area contributed by atoms with E-state index >= 15 is 0 Å². The molecule has 0 bridgehead atoms. The number of hydrogen-bond acceptors (Lipinski definition) is 7. The van der Waals surface area contributed by atoms with E-state index in [1.165, 1.54) is 0 Å². The van der Waals surface area contributed by atoms with Crippen LogP contribution in [-0.4, -0.2) is 42.1 Å². The number of aromatic nitrogens is 1. The van der Waals surface area contributed by atoms with E-state index in [0.29, 0.717) is 0 Å². The number of halogens is 1. The van der Waals surface area contributed by atoms with Crippen LogP contribution in [0.3, 0.4) is 0 Å². The number of hydrogen-bond donors (Lipinski definition) is 2. The van der Waals surface area contributed by atoms with E-state index in [-0.39, 0.29) is 31.7 Å². The number of carbonyl (C=O) groups is 3. The van der Waals surface area contributed by atoms with Gasteiger partial charge in [0.2, 0.25) is 0 Å². The van der Waals surface area contributed by atoms with Gasteiger partial charge in [-0.2, -0.15) is 0 Å². The zero-order valence-corrected chi connectivity index (χ0v) is 13.5. The van der Waals surface area contributed by atoms with E-state index in [0.717, 1.165) is 12.3 Å². The second kappa shape index (κ2) is 9.43. The van der Waals surface area contributed by atoms with E-state index < -0.39 is 35.4 Å². The Morgan fingerprint density at radius 2 is 1.96 bits per heavy atom. The second-order valence-corrected chi connectivity index (χ2v) is 4.72. The molecule has 24 heavy (non-hydrogen) atoms. The van der Waals surface area contributed by atoms with Crippen LogP contribution < -0.4 is 11.1 Å². The Kier molecular flexibility index (Phi) is 7.60. The van der Waals surface area contributed by atoms with Gasteiger partial charge < -0.3 is 20.5 Å². The topological polar surface area (TPSA) is 121 Å². The molecule has 0 aliphatic carbocycles. The van der Waals surface area contributed by atoms with E-state index in [4.69, 9.17) is 15.2 Å². The minimum absolute atomic E-state index is 0.0417. The summed E-state index contributed by atoms with van der Waals surface area (Å²) in [6.07, 6.45) is 0.977. The van der Waals surface area contributed by atoms with Gasteiger partial charge >= 0.3 is 11.9 Å². The number of pyridine rings is 1. The van der Waals surface area contributed by atoms with E-state index in [9.17, 15) is 18.8 Å². The molecule has 0 aliphatic heterocycles. The van der Waals surface area contributed by atoms with Gasteiger partial charge in [0.1, 0.15) is 6.04 Å². The zero-order valence-electron chi connectivity index (χ0n) is 13.5. The molecule has 1 aromatic heterocycles. The first-order valence-corrected chi connectivity index (χ1v) is 7.43. The fourth-order valence-electron chi connectivity index (χ4n) is 1.83. The molecule has 9 heteroatoms. The fourth-order valence-corrected chi connectivity index (χ4v) is 1.83. The number of nitrogens with zero attached hydrogens (tertiary/aromatic N) is 1. The average molecular weight is 341 g/mol. The standard InChI is InChI=1S/C15H20FN3O5/c1-3-23-12(20)6-5-11(15(22)24-4-2)19-14(21)13-10(16)7-9(17)8-18-13/h7-8,11H,3-6,17H2,1-2H3,(H,19,21)/t11-/m0/s1. The van der Waals surface area contributed by atoms with Gasteiger partial charge in [0.15, 0.2) is 11.5 Å². The van der Waals surface area contributed by atoms with Crippen molar-refractivity contribution in [2.45, 2.75) is 32.7 Å². The zero-order chi connectivity index (χ0) is 18.1. The number of anilines is 1. The third-order valence-corrected chi connectivity index (χ3v) is 2.90. The van der Waals surface area contributed by atoms with Gasteiger partial charge in [-0.1, -0.05) is 0 Å². The number of rotatable bonds is 8. The number of amides is 1. The number of esters is 2. The molecule has 0 aromatic carbocycles. The average Bonchev–Trinajstić information content (AvgIpc) is 2.51. The Labute approximate surface area is 138 Å². The minimum atomic E-state index is -1.12. The number of ether oxygens (including phenoxy) is 2. The summed E-state index contributed by atoms with van der Waals surface area (Å²) in [6.45, 7) is 3.55. The second-order valence-electron chi connectivity index (χ2n) is 4.72. The van der Waals surface area contributed by atoms with Crippen molar-refractivity contribution in [3.05, 3.63) is 23.8 Å². The van der Waals surface area contributed by atoms with Crippen molar-refractivity contribution in [2.75, 3.05) is 18.9 Å². The van der Waals surface area contributed by atoms with Crippen molar-refractivity contribution in [1.82, 2.24) is 10.3 Å². The van der Waals surface area contributed by atoms with Crippen molar-refractivity contribution in [3.8, 4) is 0 Å².